The molecule has 0 fully saturated rings. The van der Waals surface area contributed by atoms with Gasteiger partial charge in [-0.2, -0.15) is 0 Å². The molecule has 3 nitrogen and oxygen atoms in total. The normalized spacial score (nSPS) is 10.6. The quantitative estimate of drug-likeness (QED) is 0.755. The molecule has 0 spiro atoms. The predicted octanol–water partition coefficient (Wildman–Crippen LogP) is 2.31. The molecule has 0 aliphatic rings. The second-order valence-corrected chi connectivity index (χ2v) is 3.88. The van der Waals surface area contributed by atoms with E-state index in [2.05, 4.69) is 10.3 Å². The Morgan fingerprint density at radius 3 is 3.08 bits per heavy atom. The third-order valence-corrected chi connectivity index (χ3v) is 2.88. The topological polar surface area (TPSA) is 45.1 Å². The highest BCUT2D eigenvalue weighted by molar-refractivity contribution is 7.22. The number of para-hydroxylation sites is 1. The molecule has 0 unspecified atom stereocenters. The average Bonchev–Trinajstić information content (AvgIpc) is 2.49. The fourth-order valence-corrected chi connectivity index (χ4v) is 2.21. The highest BCUT2D eigenvalue weighted by atomic mass is 35.5. The number of nitrogens with zero attached hydrogens (tertiary/aromatic N) is 1. The SMILES string of the molecule is OCNc1nc2c(Cl)cccc2s1. The van der Waals surface area contributed by atoms with E-state index >= 15 is 0 Å². The van der Waals surface area contributed by atoms with Crippen molar-refractivity contribution in [2.24, 2.45) is 0 Å². The maximum absolute atomic E-state index is 8.64. The van der Waals surface area contributed by atoms with Gasteiger partial charge in [0.1, 0.15) is 12.2 Å². The van der Waals surface area contributed by atoms with Crippen LogP contribution in [0.5, 0.6) is 0 Å². The molecule has 0 atom stereocenters. The first kappa shape index (κ1) is 8.74. The minimum Gasteiger partial charge on any atom is -0.377 e. The first-order chi connectivity index (χ1) is 6.31. The number of rotatable bonds is 2. The van der Waals surface area contributed by atoms with Gasteiger partial charge in [-0.25, -0.2) is 4.98 Å². The van der Waals surface area contributed by atoms with E-state index in [1.165, 1.54) is 11.3 Å². The molecule has 1 aromatic carbocycles. The summed E-state index contributed by atoms with van der Waals surface area (Å²) in [5.41, 5.74) is 0.783. The van der Waals surface area contributed by atoms with Crippen molar-refractivity contribution in [3.63, 3.8) is 0 Å². The van der Waals surface area contributed by atoms with Crippen LogP contribution in [0.15, 0.2) is 18.2 Å². The number of nitrogens with one attached hydrogen (secondary N) is 1. The Morgan fingerprint density at radius 2 is 2.38 bits per heavy atom. The highest BCUT2D eigenvalue weighted by Gasteiger charge is 2.05. The largest absolute Gasteiger partial charge is 0.377 e. The molecule has 0 saturated heterocycles. The van der Waals surface area contributed by atoms with Gasteiger partial charge in [0.15, 0.2) is 5.13 Å². The van der Waals surface area contributed by atoms with Gasteiger partial charge >= 0.3 is 0 Å². The zero-order valence-corrected chi connectivity index (χ0v) is 8.19. The smallest absolute Gasteiger partial charge is 0.185 e. The van der Waals surface area contributed by atoms with E-state index in [-0.39, 0.29) is 6.73 Å². The second-order valence-electron chi connectivity index (χ2n) is 2.44. The first-order valence-corrected chi connectivity index (χ1v) is 4.90. The summed E-state index contributed by atoms with van der Waals surface area (Å²) < 4.78 is 1.02. The fourth-order valence-electron chi connectivity index (χ4n) is 1.06. The summed E-state index contributed by atoms with van der Waals surface area (Å²) in [5.74, 6) is 0. The fraction of sp³-hybridized carbons (Fsp3) is 0.125. The number of halogens is 1. The van der Waals surface area contributed by atoms with Crippen molar-refractivity contribution in [1.29, 1.82) is 0 Å². The maximum atomic E-state index is 8.64. The molecule has 0 aliphatic carbocycles. The highest BCUT2D eigenvalue weighted by Crippen LogP contribution is 2.30. The summed E-state index contributed by atoms with van der Waals surface area (Å²) in [5, 5.41) is 12.7. The van der Waals surface area contributed by atoms with Crippen LogP contribution < -0.4 is 5.32 Å². The van der Waals surface area contributed by atoms with E-state index in [0.29, 0.717) is 10.2 Å². The summed E-state index contributed by atoms with van der Waals surface area (Å²) in [6, 6.07) is 5.62. The van der Waals surface area contributed by atoms with E-state index < -0.39 is 0 Å². The van der Waals surface area contributed by atoms with Crippen LogP contribution in [0.2, 0.25) is 5.02 Å². The van der Waals surface area contributed by atoms with Crippen LogP contribution in [-0.2, 0) is 0 Å². The van der Waals surface area contributed by atoms with Gasteiger partial charge in [0.05, 0.1) is 9.72 Å². The van der Waals surface area contributed by atoms with Crippen molar-refractivity contribution in [3.8, 4) is 0 Å². The van der Waals surface area contributed by atoms with E-state index in [1.807, 2.05) is 12.1 Å². The number of anilines is 1. The number of aliphatic hydroxyl groups excluding tert-OH is 1. The number of hydrogen-bond acceptors (Lipinski definition) is 4. The van der Waals surface area contributed by atoms with Crippen LogP contribution in [0.25, 0.3) is 10.2 Å². The lowest BCUT2D eigenvalue weighted by atomic mass is 10.3. The molecule has 1 aromatic heterocycles. The lowest BCUT2D eigenvalue weighted by Gasteiger charge is -1.91. The minimum absolute atomic E-state index is 0.114. The van der Waals surface area contributed by atoms with Crippen LogP contribution in [0.4, 0.5) is 5.13 Å². The van der Waals surface area contributed by atoms with Gasteiger partial charge in [0.2, 0.25) is 0 Å². The molecule has 13 heavy (non-hydrogen) atoms. The number of benzene rings is 1. The molecule has 0 radical (unpaired) electrons. The van der Waals surface area contributed by atoms with Crippen LogP contribution in [0, 0.1) is 0 Å². The molecular weight excluding hydrogens is 208 g/mol. The molecule has 0 amide bonds. The van der Waals surface area contributed by atoms with Crippen LogP contribution in [-0.4, -0.2) is 16.8 Å². The van der Waals surface area contributed by atoms with Gasteiger partial charge in [0.25, 0.3) is 0 Å². The number of aromatic nitrogens is 1. The predicted molar refractivity (Wildman–Crippen MR) is 55.3 cm³/mol. The summed E-state index contributed by atoms with van der Waals surface area (Å²) in [6.45, 7) is -0.114. The van der Waals surface area contributed by atoms with Crippen molar-refractivity contribution in [2.45, 2.75) is 0 Å². The van der Waals surface area contributed by atoms with Gasteiger partial charge in [-0.1, -0.05) is 29.0 Å². The van der Waals surface area contributed by atoms with Gasteiger partial charge in [-0.3, -0.25) is 0 Å². The minimum atomic E-state index is -0.114. The Morgan fingerprint density at radius 1 is 1.54 bits per heavy atom. The van der Waals surface area contributed by atoms with Crippen molar-refractivity contribution < 1.29 is 5.11 Å². The van der Waals surface area contributed by atoms with E-state index in [0.717, 1.165) is 10.2 Å². The second kappa shape index (κ2) is 3.49. The Kier molecular flexibility index (Phi) is 2.35. The van der Waals surface area contributed by atoms with E-state index in [9.17, 15) is 0 Å². The van der Waals surface area contributed by atoms with Crippen molar-refractivity contribution in [1.82, 2.24) is 4.98 Å². The molecule has 0 aliphatic heterocycles. The van der Waals surface area contributed by atoms with Gasteiger partial charge in [0, 0.05) is 0 Å². The molecular formula is C8H7ClN2OS. The van der Waals surface area contributed by atoms with Crippen LogP contribution in [0.1, 0.15) is 0 Å². The molecule has 68 valence electrons. The molecule has 2 N–H and O–H groups in total. The average molecular weight is 215 g/mol. The number of hydrogen-bond donors (Lipinski definition) is 2. The third kappa shape index (κ3) is 1.60. The van der Waals surface area contributed by atoms with Gasteiger partial charge in [-0.15, -0.1) is 0 Å². The molecule has 2 aromatic rings. The zero-order valence-electron chi connectivity index (χ0n) is 6.62. The van der Waals surface area contributed by atoms with Gasteiger partial charge < -0.3 is 10.4 Å². The summed E-state index contributed by atoms with van der Waals surface area (Å²) in [7, 11) is 0. The number of fused-ring (bicyclic) bond motifs is 1. The summed E-state index contributed by atoms with van der Waals surface area (Å²) >= 11 is 7.39. The van der Waals surface area contributed by atoms with Crippen LogP contribution >= 0.6 is 22.9 Å². The maximum Gasteiger partial charge on any atom is 0.185 e. The zero-order chi connectivity index (χ0) is 9.26. The molecule has 0 saturated carbocycles. The van der Waals surface area contributed by atoms with Crippen molar-refractivity contribution >= 4 is 38.3 Å². The lowest BCUT2D eigenvalue weighted by molar-refractivity contribution is 0.325. The van der Waals surface area contributed by atoms with Crippen LogP contribution in [0.3, 0.4) is 0 Å². The Hall–Kier alpha value is -0.840. The molecule has 0 bridgehead atoms. The standard InChI is InChI=1S/C8H7ClN2OS/c9-5-2-1-3-6-7(5)11-8(13-6)10-4-12/h1-3,12H,4H2,(H,10,11). The molecule has 5 heteroatoms. The van der Waals surface area contributed by atoms with Gasteiger partial charge in [-0.05, 0) is 12.1 Å². The first-order valence-electron chi connectivity index (χ1n) is 3.71. The molecule has 2 rings (SSSR count). The monoisotopic (exact) mass is 214 g/mol. The van der Waals surface area contributed by atoms with Crippen molar-refractivity contribution in [2.75, 3.05) is 12.0 Å². The van der Waals surface area contributed by atoms with E-state index in [1.54, 1.807) is 6.07 Å². The Bertz CT molecular complexity index is 429. The number of thiazole rings is 1. The number of aliphatic hydroxyl groups is 1. The van der Waals surface area contributed by atoms with E-state index in [4.69, 9.17) is 16.7 Å². The molecule has 1 heterocycles. The summed E-state index contributed by atoms with van der Waals surface area (Å²) in [6.07, 6.45) is 0. The van der Waals surface area contributed by atoms with Crippen molar-refractivity contribution in [3.05, 3.63) is 23.2 Å². The Labute approximate surface area is 84.0 Å². The lowest BCUT2D eigenvalue weighted by Crippen LogP contribution is -1.97. The summed E-state index contributed by atoms with van der Waals surface area (Å²) in [4.78, 5) is 4.22. The third-order valence-electron chi connectivity index (χ3n) is 1.60. The Balaban J connectivity index is 2.55.